The standard InChI is InChI=1S/C20H19NO6S.Na/c1-20(2)16(19(24)25)21-17(23)12(18(21)28-20)8-9-14(22)27-15-10-7-11-5-3-4-6-13(11)26-15;/h3-8,10,15-16,18H,9H2,1-2H3,(H,24,25);/q;+1/p-1/b12-8-;/t15?,16-,18+;/m0./s1. The number of rotatable bonds is 4. The summed E-state index contributed by atoms with van der Waals surface area (Å²) in [5, 5.41) is 11.0. The number of aliphatic carboxylic acids is 1. The topological polar surface area (TPSA) is 96.0 Å². The number of nitrogens with zero attached hydrogens (tertiary/aromatic N) is 1. The van der Waals surface area contributed by atoms with Gasteiger partial charge in [0.25, 0.3) is 12.2 Å². The molecule has 3 heterocycles. The summed E-state index contributed by atoms with van der Waals surface area (Å²) in [6.07, 6.45) is 4.05. The molecule has 1 unspecified atom stereocenters. The minimum Gasteiger partial charge on any atom is -0.548 e. The summed E-state index contributed by atoms with van der Waals surface area (Å²) < 4.78 is 10.2. The smallest absolute Gasteiger partial charge is 0.548 e. The second-order valence-corrected chi connectivity index (χ2v) is 8.98. The Hall–Kier alpha value is -1.74. The zero-order chi connectivity index (χ0) is 20.1. The number of esters is 1. The van der Waals surface area contributed by atoms with E-state index < -0.39 is 29.0 Å². The Balaban J connectivity index is 0.00000240. The first kappa shape index (κ1) is 22.0. The normalized spacial score (nSPS) is 27.2. The molecular weight excluding hydrogens is 405 g/mol. The number of β-lactam (4-membered cyclic amide) rings is 1. The molecule has 0 aliphatic carbocycles. The average molecular weight is 423 g/mol. The van der Waals surface area contributed by atoms with Crippen molar-refractivity contribution in [1.82, 2.24) is 4.90 Å². The van der Waals surface area contributed by atoms with Crippen molar-refractivity contribution >= 4 is 35.7 Å². The van der Waals surface area contributed by atoms with Crippen molar-refractivity contribution in [2.45, 2.75) is 42.7 Å². The van der Waals surface area contributed by atoms with Crippen molar-refractivity contribution < 1.29 is 58.5 Å². The van der Waals surface area contributed by atoms with E-state index >= 15 is 0 Å². The van der Waals surface area contributed by atoms with E-state index in [9.17, 15) is 19.5 Å². The molecule has 3 atom stereocenters. The fourth-order valence-corrected chi connectivity index (χ4v) is 5.17. The number of para-hydroxylation sites is 1. The van der Waals surface area contributed by atoms with Crippen LogP contribution in [0.3, 0.4) is 0 Å². The van der Waals surface area contributed by atoms with Gasteiger partial charge in [-0.1, -0.05) is 24.3 Å². The monoisotopic (exact) mass is 423 g/mol. The van der Waals surface area contributed by atoms with E-state index in [4.69, 9.17) is 9.47 Å². The molecule has 2 fully saturated rings. The number of carbonyl (C=O) groups excluding carboxylic acids is 3. The third-order valence-electron chi connectivity index (χ3n) is 4.91. The van der Waals surface area contributed by atoms with Gasteiger partial charge in [-0.25, -0.2) is 0 Å². The molecule has 0 spiro atoms. The molecule has 0 N–H and O–H groups in total. The van der Waals surface area contributed by atoms with Crippen LogP contribution in [-0.4, -0.2) is 45.2 Å². The predicted octanol–water partition coefficient (Wildman–Crippen LogP) is -1.91. The first-order chi connectivity index (χ1) is 13.3. The van der Waals surface area contributed by atoms with Gasteiger partial charge >= 0.3 is 35.5 Å². The Morgan fingerprint density at radius 1 is 1.34 bits per heavy atom. The average Bonchev–Trinajstić information content (AvgIpc) is 2.89. The van der Waals surface area contributed by atoms with Crippen molar-refractivity contribution in [2.24, 2.45) is 0 Å². The third-order valence-corrected chi connectivity index (χ3v) is 6.44. The largest absolute Gasteiger partial charge is 1.00 e. The molecule has 1 amide bonds. The number of benzene rings is 1. The number of thioether (sulfide) groups is 1. The Bertz CT molecular complexity index is 927. The van der Waals surface area contributed by atoms with E-state index in [2.05, 4.69) is 0 Å². The van der Waals surface area contributed by atoms with Gasteiger partial charge in [-0.2, -0.15) is 0 Å². The van der Waals surface area contributed by atoms with E-state index in [0.29, 0.717) is 11.3 Å². The molecule has 1 aromatic carbocycles. The van der Waals surface area contributed by atoms with Crippen LogP contribution in [0.5, 0.6) is 5.75 Å². The van der Waals surface area contributed by atoms with Gasteiger partial charge in [0, 0.05) is 15.9 Å². The first-order valence-corrected chi connectivity index (χ1v) is 9.70. The minimum absolute atomic E-state index is 0. The number of carbonyl (C=O) groups is 3. The number of hydrogen-bond donors (Lipinski definition) is 0. The van der Waals surface area contributed by atoms with Crippen LogP contribution in [0.15, 0.2) is 42.0 Å². The van der Waals surface area contributed by atoms with Gasteiger partial charge in [0.2, 0.25) is 0 Å². The van der Waals surface area contributed by atoms with Crippen molar-refractivity contribution in [1.29, 1.82) is 0 Å². The molecule has 3 aliphatic heterocycles. The van der Waals surface area contributed by atoms with Crippen LogP contribution in [0.1, 0.15) is 25.8 Å². The van der Waals surface area contributed by atoms with Crippen LogP contribution in [0.25, 0.3) is 6.08 Å². The van der Waals surface area contributed by atoms with Crippen molar-refractivity contribution in [3.8, 4) is 5.75 Å². The molecule has 1 aromatic rings. The number of amides is 1. The molecule has 0 saturated carbocycles. The Labute approximate surface area is 194 Å². The molecule has 4 rings (SSSR count). The van der Waals surface area contributed by atoms with Crippen molar-refractivity contribution in [3.05, 3.63) is 47.6 Å². The van der Waals surface area contributed by atoms with E-state index in [1.54, 1.807) is 26.0 Å². The second-order valence-electron chi connectivity index (χ2n) is 7.24. The summed E-state index contributed by atoms with van der Waals surface area (Å²) in [7, 11) is 0. The molecule has 0 radical (unpaired) electrons. The van der Waals surface area contributed by atoms with Crippen molar-refractivity contribution in [3.63, 3.8) is 0 Å². The molecule has 9 heteroatoms. The fraction of sp³-hybridized carbons (Fsp3) is 0.350. The van der Waals surface area contributed by atoms with E-state index in [1.807, 2.05) is 24.3 Å². The van der Waals surface area contributed by atoms with Crippen LogP contribution in [0, 0.1) is 0 Å². The second kappa shape index (κ2) is 8.18. The van der Waals surface area contributed by atoms with Crippen LogP contribution < -0.4 is 39.4 Å². The maximum Gasteiger partial charge on any atom is 1.00 e. The van der Waals surface area contributed by atoms with Gasteiger partial charge in [-0.3, -0.25) is 9.59 Å². The maximum atomic E-state index is 12.4. The van der Waals surface area contributed by atoms with Gasteiger partial charge < -0.3 is 24.3 Å². The Morgan fingerprint density at radius 2 is 2.07 bits per heavy atom. The fourth-order valence-electron chi connectivity index (χ4n) is 3.60. The summed E-state index contributed by atoms with van der Waals surface area (Å²) in [5.41, 5.74) is 1.32. The quantitative estimate of drug-likeness (QED) is 0.241. The molecule has 2 saturated heterocycles. The van der Waals surface area contributed by atoms with Crippen LogP contribution in [-0.2, 0) is 19.1 Å². The molecule has 3 aliphatic rings. The summed E-state index contributed by atoms with van der Waals surface area (Å²) >= 11 is 1.37. The number of fused-ring (bicyclic) bond motifs is 2. The molecular formula is C20H18NNaO6S. The van der Waals surface area contributed by atoms with Gasteiger partial charge in [-0.15, -0.1) is 11.8 Å². The zero-order valence-corrected chi connectivity index (χ0v) is 19.1. The number of hydrogen-bond acceptors (Lipinski definition) is 7. The molecule has 0 aromatic heterocycles. The Kier molecular flexibility index (Phi) is 6.19. The molecule has 29 heavy (non-hydrogen) atoms. The summed E-state index contributed by atoms with van der Waals surface area (Å²) in [6.45, 7) is 3.53. The van der Waals surface area contributed by atoms with Crippen molar-refractivity contribution in [2.75, 3.05) is 0 Å². The zero-order valence-electron chi connectivity index (χ0n) is 16.3. The van der Waals surface area contributed by atoms with Gasteiger partial charge in [-0.05, 0) is 32.1 Å². The van der Waals surface area contributed by atoms with Gasteiger partial charge in [0.1, 0.15) is 11.1 Å². The molecule has 0 bridgehead atoms. The number of ether oxygens (including phenoxy) is 2. The third kappa shape index (κ3) is 3.99. The number of carboxylic acid groups (broad SMARTS) is 1. The van der Waals surface area contributed by atoms with Crippen LogP contribution in [0.4, 0.5) is 0 Å². The molecule has 146 valence electrons. The maximum absolute atomic E-state index is 12.4. The van der Waals surface area contributed by atoms with E-state index in [-0.39, 0.29) is 47.3 Å². The molecule has 7 nitrogen and oxygen atoms in total. The summed E-state index contributed by atoms with van der Waals surface area (Å²) in [5.74, 6) is -1.56. The summed E-state index contributed by atoms with van der Waals surface area (Å²) in [4.78, 5) is 37.2. The van der Waals surface area contributed by atoms with E-state index in [0.717, 1.165) is 5.56 Å². The SMILES string of the molecule is CC1(C)S[C@@H]2/C(=C\CC(=O)OC3C=Cc4ccccc4O3)C(=O)N2[C@H]1C(=O)[O-].[Na+]. The Morgan fingerprint density at radius 3 is 2.79 bits per heavy atom. The summed E-state index contributed by atoms with van der Waals surface area (Å²) in [6, 6.07) is 6.41. The van der Waals surface area contributed by atoms with Crippen LogP contribution >= 0.6 is 11.8 Å². The van der Waals surface area contributed by atoms with Gasteiger partial charge in [0.05, 0.1) is 18.4 Å². The predicted molar refractivity (Wildman–Crippen MR) is 99.8 cm³/mol. The van der Waals surface area contributed by atoms with Gasteiger partial charge in [0.15, 0.2) is 0 Å². The van der Waals surface area contributed by atoms with E-state index in [1.165, 1.54) is 22.7 Å². The van der Waals surface area contributed by atoms with Crippen LogP contribution in [0.2, 0.25) is 0 Å². The minimum atomic E-state index is -1.27. The number of carboxylic acids is 1. The first-order valence-electron chi connectivity index (χ1n) is 8.83.